The number of aryl methyl sites for hydroxylation is 1. The van der Waals surface area contributed by atoms with Gasteiger partial charge in [-0.15, -0.1) is 11.3 Å². The highest BCUT2D eigenvalue weighted by atomic mass is 32.1. The summed E-state index contributed by atoms with van der Waals surface area (Å²) in [6.07, 6.45) is 1.10. The van der Waals surface area contributed by atoms with Crippen molar-refractivity contribution in [1.82, 2.24) is 9.55 Å². The minimum Gasteiger partial charge on any atom is -0.496 e. The lowest BCUT2D eigenvalue weighted by Crippen LogP contribution is -2.33. The van der Waals surface area contributed by atoms with Crippen LogP contribution in [0, 0.1) is 6.92 Å². The number of rotatable bonds is 7. The van der Waals surface area contributed by atoms with Crippen molar-refractivity contribution in [2.24, 2.45) is 4.99 Å². The lowest BCUT2D eigenvalue weighted by molar-refractivity contribution is -0.0752. The molecular formula is C24H27N3O6S. The second-order valence-electron chi connectivity index (χ2n) is 8.32. The minimum atomic E-state index is -0.477. The lowest BCUT2D eigenvalue weighted by Gasteiger charge is -2.29. The van der Waals surface area contributed by atoms with Gasteiger partial charge in [0.25, 0.3) is 5.56 Å². The molecule has 0 bridgehead atoms. The topological polar surface area (TPSA) is 104 Å². The summed E-state index contributed by atoms with van der Waals surface area (Å²) in [5.41, 5.74) is 0.721. The van der Waals surface area contributed by atoms with E-state index in [2.05, 4.69) is 9.98 Å². The summed E-state index contributed by atoms with van der Waals surface area (Å²) in [4.78, 5) is 34.1. The number of hydrogen-bond donors (Lipinski definition) is 1. The molecule has 0 spiro atoms. The molecule has 1 saturated heterocycles. The summed E-state index contributed by atoms with van der Waals surface area (Å²) in [5, 5.41) is 0.475. The molecule has 2 aliphatic heterocycles. The monoisotopic (exact) mass is 485 g/mol. The highest BCUT2D eigenvalue weighted by Crippen LogP contribution is 2.34. The van der Waals surface area contributed by atoms with Gasteiger partial charge in [-0.05, 0) is 31.4 Å². The van der Waals surface area contributed by atoms with E-state index in [-0.39, 0.29) is 12.6 Å². The lowest BCUT2D eigenvalue weighted by atomic mass is 10.1. The molecule has 5 rings (SSSR count). The zero-order valence-electron chi connectivity index (χ0n) is 19.2. The van der Waals surface area contributed by atoms with Crippen molar-refractivity contribution in [1.29, 1.82) is 0 Å². The first-order chi connectivity index (χ1) is 16.6. The largest absolute Gasteiger partial charge is 0.496 e. The van der Waals surface area contributed by atoms with Crippen LogP contribution in [0.5, 0.6) is 5.75 Å². The Morgan fingerprint density at radius 2 is 2.03 bits per heavy atom. The Morgan fingerprint density at radius 1 is 1.24 bits per heavy atom. The summed E-state index contributed by atoms with van der Waals surface area (Å²) in [6, 6.07) is 7.65. The molecular weight excluding hydrogens is 458 g/mol. The Kier molecular flexibility index (Phi) is 6.53. The molecule has 1 fully saturated rings. The minimum absolute atomic E-state index is 0.000469. The van der Waals surface area contributed by atoms with E-state index in [4.69, 9.17) is 18.9 Å². The van der Waals surface area contributed by atoms with Crippen molar-refractivity contribution in [3.63, 3.8) is 0 Å². The maximum Gasteiger partial charge on any atom is 0.329 e. The molecule has 2 aliphatic rings. The molecule has 0 radical (unpaired) electrons. The fourth-order valence-corrected chi connectivity index (χ4v) is 5.75. The third-order valence-corrected chi connectivity index (χ3v) is 7.51. The third kappa shape index (κ3) is 4.28. The molecule has 3 aromatic rings. The van der Waals surface area contributed by atoms with Crippen LogP contribution in [0.1, 0.15) is 34.9 Å². The Balaban J connectivity index is 1.60. The van der Waals surface area contributed by atoms with Gasteiger partial charge in [0, 0.05) is 18.8 Å². The van der Waals surface area contributed by atoms with E-state index in [1.54, 1.807) is 11.7 Å². The normalized spacial score (nSPS) is 17.5. The molecule has 1 atom stereocenters. The number of nitrogens with one attached hydrogen (secondary N) is 1. The Bertz CT molecular complexity index is 1330. The van der Waals surface area contributed by atoms with Crippen LogP contribution >= 0.6 is 11.3 Å². The number of H-pyrrole nitrogens is 1. The van der Waals surface area contributed by atoms with Crippen LogP contribution in [0.3, 0.4) is 0 Å². The predicted octanol–water partition coefficient (Wildman–Crippen LogP) is 2.78. The van der Waals surface area contributed by atoms with Gasteiger partial charge in [0.2, 0.25) is 5.90 Å². The van der Waals surface area contributed by atoms with Gasteiger partial charge in [-0.25, -0.2) is 9.79 Å². The van der Waals surface area contributed by atoms with Gasteiger partial charge in [0.1, 0.15) is 23.3 Å². The summed E-state index contributed by atoms with van der Waals surface area (Å²) in [6.45, 7) is 4.46. The molecule has 1 aromatic carbocycles. The molecule has 180 valence electrons. The first-order valence-electron chi connectivity index (χ1n) is 11.4. The molecule has 0 aliphatic carbocycles. The highest BCUT2D eigenvalue weighted by Gasteiger charge is 2.27. The number of aromatic amines is 1. The molecule has 0 saturated carbocycles. The SMILES string of the molecule is COc1ccccc1C(Cn1c(=O)[nH]c(=O)c2c(C)c(C3=NCCO3)sc21)OC1CCOCC1. The number of thiophene rings is 1. The van der Waals surface area contributed by atoms with Crippen LogP contribution in [-0.4, -0.2) is 55.0 Å². The Labute approximate surface area is 199 Å². The van der Waals surface area contributed by atoms with Gasteiger partial charge in [-0.1, -0.05) is 18.2 Å². The zero-order chi connectivity index (χ0) is 23.7. The van der Waals surface area contributed by atoms with Crippen molar-refractivity contribution < 1.29 is 18.9 Å². The zero-order valence-corrected chi connectivity index (χ0v) is 20.0. The van der Waals surface area contributed by atoms with Crippen LogP contribution in [0.15, 0.2) is 38.8 Å². The van der Waals surface area contributed by atoms with E-state index in [0.717, 1.165) is 28.8 Å². The van der Waals surface area contributed by atoms with Gasteiger partial charge >= 0.3 is 5.69 Å². The fourth-order valence-electron chi connectivity index (χ4n) is 4.47. The maximum atomic E-state index is 13.1. The van der Waals surface area contributed by atoms with E-state index in [9.17, 15) is 9.59 Å². The maximum absolute atomic E-state index is 13.1. The molecule has 4 heterocycles. The standard InChI is InChI=1S/C24H27N3O6S/c1-14-19-21(28)26-24(29)27(23(19)34-20(14)22-25-9-12-32-22)13-18(33-15-7-10-31-11-8-15)16-5-3-4-6-17(16)30-2/h3-6,15,18H,7-13H2,1-2H3,(H,26,28,29). The second kappa shape index (κ2) is 9.73. The number of para-hydroxylation sites is 1. The number of fused-ring (bicyclic) bond motifs is 1. The molecule has 2 aromatic heterocycles. The van der Waals surface area contributed by atoms with Crippen LogP contribution in [0.25, 0.3) is 10.2 Å². The van der Waals surface area contributed by atoms with E-state index < -0.39 is 17.4 Å². The Hall–Kier alpha value is -2.95. The molecule has 9 nitrogen and oxygen atoms in total. The number of aliphatic imine (C=N–C) groups is 1. The summed E-state index contributed by atoms with van der Waals surface area (Å²) >= 11 is 1.35. The summed E-state index contributed by atoms with van der Waals surface area (Å²) in [7, 11) is 1.62. The highest BCUT2D eigenvalue weighted by molar-refractivity contribution is 7.20. The van der Waals surface area contributed by atoms with Gasteiger partial charge in [0.15, 0.2) is 0 Å². The van der Waals surface area contributed by atoms with E-state index in [1.807, 2.05) is 31.2 Å². The van der Waals surface area contributed by atoms with Crippen molar-refractivity contribution in [3.05, 3.63) is 61.1 Å². The summed E-state index contributed by atoms with van der Waals surface area (Å²) in [5.74, 6) is 1.21. The first-order valence-corrected chi connectivity index (χ1v) is 12.2. The second-order valence-corrected chi connectivity index (χ2v) is 9.32. The van der Waals surface area contributed by atoms with Gasteiger partial charge in [-0.2, -0.15) is 0 Å². The number of methoxy groups -OCH3 is 1. The number of aromatic nitrogens is 2. The molecule has 34 heavy (non-hydrogen) atoms. The van der Waals surface area contributed by atoms with Crippen molar-refractivity contribution in [2.75, 3.05) is 33.5 Å². The number of nitrogens with zero attached hydrogens (tertiary/aromatic N) is 2. The van der Waals surface area contributed by atoms with Gasteiger partial charge < -0.3 is 18.9 Å². The van der Waals surface area contributed by atoms with Crippen LogP contribution in [0.2, 0.25) is 0 Å². The number of hydrogen-bond acceptors (Lipinski definition) is 8. The van der Waals surface area contributed by atoms with Gasteiger partial charge in [0.05, 0.1) is 36.6 Å². The quantitative estimate of drug-likeness (QED) is 0.552. The van der Waals surface area contributed by atoms with Crippen LogP contribution in [0.4, 0.5) is 0 Å². The predicted molar refractivity (Wildman–Crippen MR) is 129 cm³/mol. The smallest absolute Gasteiger partial charge is 0.329 e. The first kappa shape index (κ1) is 22.8. The summed E-state index contributed by atoms with van der Waals surface area (Å²) < 4.78 is 24.9. The van der Waals surface area contributed by atoms with Crippen molar-refractivity contribution in [3.8, 4) is 5.75 Å². The van der Waals surface area contributed by atoms with E-state index >= 15 is 0 Å². The molecule has 0 amide bonds. The average Bonchev–Trinajstić information content (AvgIpc) is 3.50. The molecule has 1 N–H and O–H groups in total. The van der Waals surface area contributed by atoms with Gasteiger partial charge in [-0.3, -0.25) is 14.3 Å². The molecule has 10 heteroatoms. The van der Waals surface area contributed by atoms with Crippen LogP contribution in [-0.2, 0) is 20.8 Å². The molecule has 1 unspecified atom stereocenters. The van der Waals surface area contributed by atoms with E-state index in [0.29, 0.717) is 48.2 Å². The number of ether oxygens (including phenoxy) is 4. The van der Waals surface area contributed by atoms with E-state index in [1.165, 1.54) is 11.3 Å². The van der Waals surface area contributed by atoms with Crippen molar-refractivity contribution >= 4 is 27.5 Å². The fraction of sp³-hybridized carbons (Fsp3) is 0.458. The number of benzene rings is 1. The van der Waals surface area contributed by atoms with Crippen LogP contribution < -0.4 is 16.0 Å². The average molecular weight is 486 g/mol. The Morgan fingerprint density at radius 3 is 2.76 bits per heavy atom. The third-order valence-electron chi connectivity index (χ3n) is 6.20. The van der Waals surface area contributed by atoms with Crippen molar-refractivity contribution in [2.45, 2.75) is 38.5 Å².